The molecule has 0 aromatic heterocycles. The first-order valence-corrected chi connectivity index (χ1v) is 8.34. The number of allylic oxidation sites excluding steroid dienone is 2. The monoisotopic (exact) mass is 285 g/mol. The molecule has 2 nitrogen and oxygen atoms in total. The highest BCUT2D eigenvalue weighted by Gasteiger charge is 2.38. The van der Waals surface area contributed by atoms with E-state index in [1.807, 2.05) is 6.92 Å². The molecule has 2 bridgehead atoms. The summed E-state index contributed by atoms with van der Waals surface area (Å²) < 4.78 is 5.57. The molecule has 1 aromatic carbocycles. The number of rotatable bonds is 7. The van der Waals surface area contributed by atoms with Gasteiger partial charge in [0.25, 0.3) is 0 Å². The molecule has 2 heteroatoms. The van der Waals surface area contributed by atoms with E-state index in [4.69, 9.17) is 4.74 Å². The predicted molar refractivity (Wildman–Crippen MR) is 86.9 cm³/mol. The molecule has 2 aliphatic rings. The molecule has 0 amide bonds. The molecular weight excluding hydrogens is 258 g/mol. The van der Waals surface area contributed by atoms with Crippen molar-refractivity contribution < 1.29 is 4.74 Å². The van der Waals surface area contributed by atoms with Crippen LogP contribution in [-0.2, 0) is 17.9 Å². The maximum Gasteiger partial charge on any atom is 0.0719 e. The summed E-state index contributed by atoms with van der Waals surface area (Å²) in [5, 5.41) is 3.75. The van der Waals surface area contributed by atoms with E-state index >= 15 is 0 Å². The van der Waals surface area contributed by atoms with Crippen molar-refractivity contribution in [2.75, 3.05) is 6.61 Å². The topological polar surface area (TPSA) is 21.3 Å². The van der Waals surface area contributed by atoms with Gasteiger partial charge in [-0.25, -0.2) is 0 Å². The lowest BCUT2D eigenvalue weighted by Crippen LogP contribution is -2.35. The van der Waals surface area contributed by atoms with E-state index in [-0.39, 0.29) is 0 Å². The van der Waals surface area contributed by atoms with Crippen LogP contribution in [0.5, 0.6) is 0 Å². The van der Waals surface area contributed by atoms with Crippen LogP contribution in [-0.4, -0.2) is 12.6 Å². The van der Waals surface area contributed by atoms with Crippen LogP contribution in [0.4, 0.5) is 0 Å². The Morgan fingerprint density at radius 2 is 2.00 bits per heavy atom. The van der Waals surface area contributed by atoms with Crippen molar-refractivity contribution in [3.05, 3.63) is 47.5 Å². The Hall–Kier alpha value is -1.12. The SMILES string of the molecule is CCOCc1ccccc1CNC(C)C1CC2C=CC1C2. The minimum atomic E-state index is 0.588. The quantitative estimate of drug-likeness (QED) is 0.767. The van der Waals surface area contributed by atoms with Crippen LogP contribution in [0.15, 0.2) is 36.4 Å². The van der Waals surface area contributed by atoms with Crippen LogP contribution >= 0.6 is 0 Å². The lowest BCUT2D eigenvalue weighted by molar-refractivity contribution is 0.133. The minimum Gasteiger partial charge on any atom is -0.377 e. The van der Waals surface area contributed by atoms with Crippen LogP contribution in [0.1, 0.15) is 37.8 Å². The molecule has 4 atom stereocenters. The highest BCUT2D eigenvalue weighted by Crippen LogP contribution is 2.44. The van der Waals surface area contributed by atoms with Crippen LogP contribution in [0.25, 0.3) is 0 Å². The highest BCUT2D eigenvalue weighted by molar-refractivity contribution is 5.26. The Balaban J connectivity index is 1.56. The van der Waals surface area contributed by atoms with Gasteiger partial charge in [-0.2, -0.15) is 0 Å². The number of ether oxygens (including phenoxy) is 1. The molecule has 0 heterocycles. The smallest absolute Gasteiger partial charge is 0.0719 e. The summed E-state index contributed by atoms with van der Waals surface area (Å²) in [7, 11) is 0. The van der Waals surface area contributed by atoms with E-state index in [2.05, 4.69) is 48.7 Å². The molecule has 2 aliphatic carbocycles. The largest absolute Gasteiger partial charge is 0.377 e. The zero-order chi connectivity index (χ0) is 14.7. The van der Waals surface area contributed by atoms with Crippen molar-refractivity contribution in [3.63, 3.8) is 0 Å². The molecule has 1 fully saturated rings. The zero-order valence-electron chi connectivity index (χ0n) is 13.2. The highest BCUT2D eigenvalue weighted by atomic mass is 16.5. The minimum absolute atomic E-state index is 0.588. The van der Waals surface area contributed by atoms with Crippen molar-refractivity contribution in [2.24, 2.45) is 17.8 Å². The molecule has 114 valence electrons. The standard InChI is InChI=1S/C19H27NO/c1-3-21-13-18-7-5-4-6-17(18)12-20-14(2)19-11-15-8-9-16(19)10-15/h4-9,14-16,19-20H,3,10-13H2,1-2H3. The molecule has 1 N–H and O–H groups in total. The summed E-state index contributed by atoms with van der Waals surface area (Å²) in [6, 6.07) is 9.20. The third-order valence-corrected chi connectivity index (χ3v) is 5.17. The Morgan fingerprint density at radius 1 is 1.19 bits per heavy atom. The first-order valence-electron chi connectivity index (χ1n) is 8.34. The van der Waals surface area contributed by atoms with Crippen LogP contribution < -0.4 is 5.32 Å². The molecule has 4 unspecified atom stereocenters. The molecule has 0 aliphatic heterocycles. The number of benzene rings is 1. The van der Waals surface area contributed by atoms with E-state index < -0.39 is 0 Å². The van der Waals surface area contributed by atoms with E-state index in [0.29, 0.717) is 6.04 Å². The summed E-state index contributed by atoms with van der Waals surface area (Å²) in [5.41, 5.74) is 2.68. The second-order valence-electron chi connectivity index (χ2n) is 6.52. The van der Waals surface area contributed by atoms with Gasteiger partial charge in [0.2, 0.25) is 0 Å². The van der Waals surface area contributed by atoms with Crippen LogP contribution in [0.3, 0.4) is 0 Å². The molecule has 0 spiro atoms. The average Bonchev–Trinajstić information content (AvgIpc) is 3.14. The molecular formula is C19H27NO. The zero-order valence-corrected chi connectivity index (χ0v) is 13.2. The van der Waals surface area contributed by atoms with Crippen molar-refractivity contribution in [1.82, 2.24) is 5.32 Å². The van der Waals surface area contributed by atoms with E-state index in [9.17, 15) is 0 Å². The first-order chi connectivity index (χ1) is 10.3. The van der Waals surface area contributed by atoms with Gasteiger partial charge in [0.1, 0.15) is 0 Å². The van der Waals surface area contributed by atoms with Gasteiger partial charge >= 0.3 is 0 Å². The van der Waals surface area contributed by atoms with E-state index in [0.717, 1.165) is 37.5 Å². The van der Waals surface area contributed by atoms with Crippen LogP contribution in [0.2, 0.25) is 0 Å². The van der Waals surface area contributed by atoms with Crippen molar-refractivity contribution in [3.8, 4) is 0 Å². The van der Waals surface area contributed by atoms with Crippen molar-refractivity contribution in [2.45, 2.75) is 45.9 Å². The summed E-state index contributed by atoms with van der Waals surface area (Å²) in [6.07, 6.45) is 7.62. The number of hydrogen-bond acceptors (Lipinski definition) is 2. The van der Waals surface area contributed by atoms with Gasteiger partial charge in [0.05, 0.1) is 6.61 Å². The molecule has 1 aromatic rings. The van der Waals surface area contributed by atoms with Gasteiger partial charge in [-0.1, -0.05) is 36.4 Å². The third kappa shape index (κ3) is 3.38. The summed E-state index contributed by atoms with van der Waals surface area (Å²) in [4.78, 5) is 0. The fourth-order valence-electron chi connectivity index (χ4n) is 3.90. The van der Waals surface area contributed by atoms with Gasteiger partial charge in [-0.3, -0.25) is 0 Å². The van der Waals surface area contributed by atoms with E-state index in [1.165, 1.54) is 24.0 Å². The average molecular weight is 285 g/mol. The fraction of sp³-hybridized carbons (Fsp3) is 0.579. The lowest BCUT2D eigenvalue weighted by atomic mass is 9.87. The Labute approximate surface area is 128 Å². The van der Waals surface area contributed by atoms with Gasteiger partial charge < -0.3 is 10.1 Å². The van der Waals surface area contributed by atoms with Gasteiger partial charge in [-0.15, -0.1) is 0 Å². The van der Waals surface area contributed by atoms with Crippen LogP contribution in [0, 0.1) is 17.8 Å². The lowest BCUT2D eigenvalue weighted by Gasteiger charge is -2.26. The summed E-state index contributed by atoms with van der Waals surface area (Å²) in [5.74, 6) is 2.49. The van der Waals surface area contributed by atoms with E-state index in [1.54, 1.807) is 0 Å². The Morgan fingerprint density at radius 3 is 2.67 bits per heavy atom. The third-order valence-electron chi connectivity index (χ3n) is 5.17. The molecule has 0 radical (unpaired) electrons. The molecule has 3 rings (SSSR count). The first kappa shape index (κ1) is 14.8. The van der Waals surface area contributed by atoms with Gasteiger partial charge in [0.15, 0.2) is 0 Å². The van der Waals surface area contributed by atoms with Gasteiger partial charge in [0, 0.05) is 19.2 Å². The summed E-state index contributed by atoms with van der Waals surface area (Å²) in [6.45, 7) is 6.84. The fourth-order valence-corrected chi connectivity index (χ4v) is 3.90. The molecule has 1 saturated carbocycles. The normalized spacial score (nSPS) is 28.2. The Kier molecular flexibility index (Phi) is 4.77. The number of hydrogen-bond donors (Lipinski definition) is 1. The number of fused-ring (bicyclic) bond motifs is 2. The predicted octanol–water partition coefficient (Wildman–Crippen LogP) is 3.91. The Bertz CT molecular complexity index is 496. The maximum absolute atomic E-state index is 5.57. The maximum atomic E-state index is 5.57. The van der Waals surface area contributed by atoms with Crippen molar-refractivity contribution >= 4 is 0 Å². The van der Waals surface area contributed by atoms with Gasteiger partial charge in [-0.05, 0) is 55.6 Å². The molecule has 21 heavy (non-hydrogen) atoms. The molecule has 0 saturated heterocycles. The second kappa shape index (κ2) is 6.76. The summed E-state index contributed by atoms with van der Waals surface area (Å²) >= 11 is 0. The number of nitrogens with one attached hydrogen (secondary N) is 1. The van der Waals surface area contributed by atoms with Crippen molar-refractivity contribution in [1.29, 1.82) is 0 Å². The second-order valence-corrected chi connectivity index (χ2v) is 6.52.